The summed E-state index contributed by atoms with van der Waals surface area (Å²) in [5.41, 5.74) is -2.62. The summed E-state index contributed by atoms with van der Waals surface area (Å²) in [5, 5.41) is 0.579. The van der Waals surface area contributed by atoms with Crippen molar-refractivity contribution in [1.29, 1.82) is 0 Å². The SMILES string of the molecule is CNN(CC(=O)NCC(F)(F)F)C(=O)c1ccc(C(F)=CC(c2cc(Cl)c(Cl)c(Cl)c2)C(F)(F)F)cc1C(F)(F)F. The molecule has 2 aromatic carbocycles. The van der Waals surface area contributed by atoms with Gasteiger partial charge in [0.05, 0.1) is 26.2 Å². The van der Waals surface area contributed by atoms with E-state index in [1.54, 1.807) is 0 Å². The largest absolute Gasteiger partial charge is 0.417 e. The molecule has 1 atom stereocenters. The number of allylic oxidation sites excluding steroid dienone is 1. The Bertz CT molecular complexity index is 1300. The average molecular weight is 663 g/mol. The van der Waals surface area contributed by atoms with Crippen LogP contribution >= 0.6 is 34.8 Å². The zero-order chi connectivity index (χ0) is 31.5. The van der Waals surface area contributed by atoms with Crippen molar-refractivity contribution in [1.82, 2.24) is 15.8 Å². The van der Waals surface area contributed by atoms with Crippen molar-refractivity contribution in [3.63, 3.8) is 0 Å². The van der Waals surface area contributed by atoms with Gasteiger partial charge in [-0.1, -0.05) is 40.9 Å². The van der Waals surface area contributed by atoms with Crippen LogP contribution in [0.2, 0.25) is 15.1 Å². The minimum atomic E-state index is -5.36. The number of carbonyl (C=O) groups is 2. The Kier molecular flexibility index (Phi) is 11.0. The van der Waals surface area contributed by atoms with Gasteiger partial charge in [0.1, 0.15) is 24.8 Å². The first kappa shape index (κ1) is 34.5. The van der Waals surface area contributed by atoms with Crippen LogP contribution in [0.4, 0.5) is 43.9 Å². The highest BCUT2D eigenvalue weighted by molar-refractivity contribution is 6.48. The molecule has 41 heavy (non-hydrogen) atoms. The van der Waals surface area contributed by atoms with Crippen LogP contribution in [-0.2, 0) is 11.0 Å². The van der Waals surface area contributed by atoms with Gasteiger partial charge in [-0.3, -0.25) is 14.6 Å². The van der Waals surface area contributed by atoms with E-state index in [0.717, 1.165) is 19.2 Å². The molecule has 0 aliphatic heterocycles. The van der Waals surface area contributed by atoms with Gasteiger partial charge in [0.2, 0.25) is 5.91 Å². The molecule has 0 aliphatic rings. The number of hydrogen-bond acceptors (Lipinski definition) is 3. The summed E-state index contributed by atoms with van der Waals surface area (Å²) < 4.78 is 135. The molecule has 2 rings (SSSR count). The highest BCUT2D eigenvalue weighted by atomic mass is 35.5. The average Bonchev–Trinajstić information content (AvgIpc) is 2.84. The minimum Gasteiger partial charge on any atom is -0.345 e. The van der Waals surface area contributed by atoms with E-state index in [0.29, 0.717) is 12.1 Å². The fourth-order valence-corrected chi connectivity index (χ4v) is 3.90. The summed E-state index contributed by atoms with van der Waals surface area (Å²) in [4.78, 5) is 24.5. The second-order valence-electron chi connectivity index (χ2n) is 8.10. The van der Waals surface area contributed by atoms with Crippen LogP contribution in [0.5, 0.6) is 0 Å². The first-order chi connectivity index (χ1) is 18.7. The van der Waals surface area contributed by atoms with E-state index in [1.807, 2.05) is 0 Å². The number of hydrogen-bond donors (Lipinski definition) is 2. The summed E-state index contributed by atoms with van der Waals surface area (Å²) >= 11 is 17.2. The smallest absolute Gasteiger partial charge is 0.345 e. The second-order valence-corrected chi connectivity index (χ2v) is 9.29. The monoisotopic (exact) mass is 661 g/mol. The molecule has 0 aliphatic carbocycles. The van der Waals surface area contributed by atoms with Gasteiger partial charge in [-0.05, 0) is 35.9 Å². The van der Waals surface area contributed by atoms with Crippen LogP contribution in [0.3, 0.4) is 0 Å². The molecular weight excluding hydrogens is 647 g/mol. The van der Waals surface area contributed by atoms with Crippen LogP contribution in [-0.4, -0.2) is 49.3 Å². The Labute approximate surface area is 240 Å². The molecule has 0 heterocycles. The predicted octanol–water partition coefficient (Wildman–Crippen LogP) is 7.58. The van der Waals surface area contributed by atoms with Crippen molar-refractivity contribution in [3.8, 4) is 0 Å². The van der Waals surface area contributed by atoms with Gasteiger partial charge in [-0.15, -0.1) is 0 Å². The van der Waals surface area contributed by atoms with Crippen molar-refractivity contribution >= 4 is 52.4 Å². The number of nitrogens with one attached hydrogen (secondary N) is 2. The van der Waals surface area contributed by atoms with E-state index >= 15 is 4.39 Å². The van der Waals surface area contributed by atoms with E-state index in [1.165, 1.54) is 5.32 Å². The predicted molar refractivity (Wildman–Crippen MR) is 130 cm³/mol. The number of benzene rings is 2. The van der Waals surface area contributed by atoms with Crippen molar-refractivity contribution < 1.29 is 53.5 Å². The number of carbonyl (C=O) groups excluding carboxylic acids is 2. The van der Waals surface area contributed by atoms with Crippen molar-refractivity contribution in [2.45, 2.75) is 24.4 Å². The highest BCUT2D eigenvalue weighted by Crippen LogP contribution is 2.43. The van der Waals surface area contributed by atoms with Gasteiger partial charge in [0, 0.05) is 12.6 Å². The lowest BCUT2D eigenvalue weighted by Crippen LogP contribution is -2.48. The lowest BCUT2D eigenvalue weighted by molar-refractivity contribution is -0.140. The number of hydrazine groups is 1. The Hall–Kier alpha value is -2.75. The number of alkyl halides is 9. The molecule has 0 saturated carbocycles. The third-order valence-corrected chi connectivity index (χ3v) is 6.36. The molecule has 0 saturated heterocycles. The molecule has 5 nitrogen and oxygen atoms in total. The van der Waals surface area contributed by atoms with Crippen LogP contribution in [0.25, 0.3) is 5.83 Å². The summed E-state index contributed by atoms with van der Waals surface area (Å²) in [5.74, 6) is -7.45. The molecule has 0 bridgehead atoms. The molecule has 0 fully saturated rings. The van der Waals surface area contributed by atoms with Crippen LogP contribution < -0.4 is 10.7 Å². The molecule has 0 radical (unpaired) electrons. The molecule has 0 aromatic heterocycles. The third-order valence-electron chi connectivity index (χ3n) is 5.16. The zero-order valence-corrected chi connectivity index (χ0v) is 22.4. The third kappa shape index (κ3) is 9.38. The van der Waals surface area contributed by atoms with E-state index in [9.17, 15) is 49.1 Å². The first-order valence-electron chi connectivity index (χ1n) is 10.8. The summed E-state index contributed by atoms with van der Waals surface area (Å²) in [6.07, 6.45) is -15.4. The Morgan fingerprint density at radius 3 is 1.98 bits per heavy atom. The zero-order valence-electron chi connectivity index (χ0n) is 20.1. The summed E-state index contributed by atoms with van der Waals surface area (Å²) in [7, 11) is 0.978. The van der Waals surface area contributed by atoms with Gasteiger partial charge >= 0.3 is 18.5 Å². The standard InChI is InChI=1S/C23H16Cl3F10N3O2/c1-37-39(8-18(40)38-9-21(28,29)30)20(41)12-3-2-10(4-14(12)23(34,35)36)17(27)7-13(22(31,32)33)11-5-15(24)19(26)16(25)6-11/h2-7,13,37H,8-9H2,1H3,(H,38,40). The maximum Gasteiger partial charge on any atom is 0.417 e. The molecule has 2 N–H and O–H groups in total. The maximum atomic E-state index is 15.0. The topological polar surface area (TPSA) is 61.4 Å². The van der Waals surface area contributed by atoms with Crippen LogP contribution in [0.15, 0.2) is 36.4 Å². The molecule has 0 spiro atoms. The first-order valence-corrected chi connectivity index (χ1v) is 11.9. The molecule has 2 aromatic rings. The van der Waals surface area contributed by atoms with E-state index in [4.69, 9.17) is 34.8 Å². The molecule has 226 valence electrons. The molecule has 2 amide bonds. The second kappa shape index (κ2) is 13.0. The van der Waals surface area contributed by atoms with Crippen molar-refractivity contribution in [3.05, 3.63) is 73.7 Å². The summed E-state index contributed by atoms with van der Waals surface area (Å²) in [6, 6.07) is 2.56. The number of rotatable bonds is 8. The van der Waals surface area contributed by atoms with E-state index in [-0.39, 0.29) is 22.2 Å². The van der Waals surface area contributed by atoms with Crippen LogP contribution in [0, 0.1) is 0 Å². The Morgan fingerprint density at radius 2 is 1.51 bits per heavy atom. The summed E-state index contributed by atoms with van der Waals surface area (Å²) in [6.45, 7) is -2.93. The number of nitrogens with zero attached hydrogens (tertiary/aromatic N) is 1. The lowest BCUT2D eigenvalue weighted by atomic mass is 9.95. The minimum absolute atomic E-state index is 0.0300. The number of halogens is 13. The lowest BCUT2D eigenvalue weighted by Gasteiger charge is -2.23. The van der Waals surface area contributed by atoms with Gasteiger partial charge in [0.15, 0.2) is 0 Å². The van der Waals surface area contributed by atoms with Gasteiger partial charge in [-0.25, -0.2) is 9.82 Å². The fraction of sp³-hybridized carbons (Fsp3) is 0.304. The van der Waals surface area contributed by atoms with Gasteiger partial charge in [0.25, 0.3) is 5.91 Å². The maximum absolute atomic E-state index is 15.0. The highest BCUT2D eigenvalue weighted by Gasteiger charge is 2.41. The van der Waals surface area contributed by atoms with Gasteiger partial charge in [-0.2, -0.15) is 39.5 Å². The number of amides is 2. The normalized spacial score (nSPS) is 13.7. The fourth-order valence-electron chi connectivity index (χ4n) is 3.29. The van der Waals surface area contributed by atoms with Crippen molar-refractivity contribution in [2.24, 2.45) is 0 Å². The Morgan fingerprint density at radius 1 is 0.951 bits per heavy atom. The molecule has 1 unspecified atom stereocenters. The molecular formula is C23H16Cl3F10N3O2. The Balaban J connectivity index is 2.50. The van der Waals surface area contributed by atoms with Gasteiger partial charge < -0.3 is 5.32 Å². The van der Waals surface area contributed by atoms with E-state index in [2.05, 4.69) is 5.43 Å². The van der Waals surface area contributed by atoms with Crippen molar-refractivity contribution in [2.75, 3.05) is 20.1 Å². The van der Waals surface area contributed by atoms with E-state index < -0.39 is 87.5 Å². The van der Waals surface area contributed by atoms with Crippen LogP contribution in [0.1, 0.15) is 33.0 Å². The quantitative estimate of drug-likeness (QED) is 0.174. The molecule has 18 heteroatoms.